The van der Waals surface area contributed by atoms with Gasteiger partial charge in [-0.05, 0) is 73.1 Å². The number of ether oxygens (including phenoxy) is 3. The Kier molecular flexibility index (Phi) is 7.81. The Balaban J connectivity index is 1.35. The summed E-state index contributed by atoms with van der Waals surface area (Å²) in [7, 11) is 0. The van der Waals surface area contributed by atoms with Crippen LogP contribution >= 0.6 is 11.6 Å². The predicted octanol–water partition coefficient (Wildman–Crippen LogP) is 8.10. The zero-order chi connectivity index (χ0) is 25.0. The lowest BCUT2D eigenvalue weighted by Crippen LogP contribution is -2.58. The molecule has 3 nitrogen and oxygen atoms in total. The number of hydrogen-bond acceptors (Lipinski definition) is 3. The van der Waals surface area contributed by atoms with Crippen molar-refractivity contribution in [3.63, 3.8) is 0 Å². The van der Waals surface area contributed by atoms with Crippen LogP contribution in [0.2, 0.25) is 5.02 Å². The molecule has 5 rings (SSSR count). The van der Waals surface area contributed by atoms with Crippen molar-refractivity contribution in [1.29, 1.82) is 0 Å². The lowest BCUT2D eigenvalue weighted by Gasteiger charge is -2.57. The van der Waals surface area contributed by atoms with Crippen LogP contribution in [-0.2, 0) is 22.5 Å². The molecular weight excluding hydrogens is 468 g/mol. The average Bonchev–Trinajstić information content (AvgIpc) is 2.88. The second kappa shape index (κ2) is 11.2. The zero-order valence-corrected chi connectivity index (χ0v) is 21.8. The molecule has 0 spiro atoms. The van der Waals surface area contributed by atoms with E-state index in [9.17, 15) is 0 Å². The van der Waals surface area contributed by atoms with Crippen molar-refractivity contribution >= 4 is 11.6 Å². The predicted molar refractivity (Wildman–Crippen MR) is 146 cm³/mol. The maximum Gasteiger partial charge on any atom is 0.119 e. The summed E-state index contributed by atoms with van der Waals surface area (Å²) < 4.78 is 19.0. The van der Waals surface area contributed by atoms with E-state index < -0.39 is 0 Å². The van der Waals surface area contributed by atoms with Crippen molar-refractivity contribution in [3.8, 4) is 5.75 Å². The molecule has 0 radical (unpaired) electrons. The minimum absolute atomic E-state index is 0.0291. The van der Waals surface area contributed by atoms with Gasteiger partial charge in [-0.1, -0.05) is 72.3 Å². The molecule has 2 fully saturated rings. The summed E-state index contributed by atoms with van der Waals surface area (Å²) in [5, 5.41) is 0.780. The highest BCUT2D eigenvalue weighted by molar-refractivity contribution is 6.31. The van der Waals surface area contributed by atoms with Crippen LogP contribution in [0.1, 0.15) is 61.0 Å². The largest absolute Gasteiger partial charge is 0.494 e. The van der Waals surface area contributed by atoms with Gasteiger partial charge in [-0.25, -0.2) is 0 Å². The van der Waals surface area contributed by atoms with E-state index in [2.05, 4.69) is 55.1 Å². The van der Waals surface area contributed by atoms with Crippen LogP contribution in [0.4, 0.5) is 0 Å². The fraction of sp³-hybridized carbons (Fsp3) is 0.375. The van der Waals surface area contributed by atoms with E-state index in [-0.39, 0.29) is 17.8 Å². The van der Waals surface area contributed by atoms with Gasteiger partial charge in [-0.3, -0.25) is 0 Å². The minimum atomic E-state index is -0.180. The highest BCUT2D eigenvalue weighted by atomic mass is 35.5. The quantitative estimate of drug-likeness (QED) is 0.262. The van der Waals surface area contributed by atoms with Crippen LogP contribution < -0.4 is 4.74 Å². The first-order valence-electron chi connectivity index (χ1n) is 13.0. The third kappa shape index (κ3) is 5.39. The third-order valence-corrected chi connectivity index (χ3v) is 8.06. The Bertz CT molecular complexity index is 1160. The molecule has 0 amide bonds. The Labute approximate surface area is 220 Å². The maximum atomic E-state index is 6.86. The second-order valence-electron chi connectivity index (χ2n) is 9.98. The van der Waals surface area contributed by atoms with Crippen LogP contribution in [-0.4, -0.2) is 18.3 Å². The molecule has 3 aromatic rings. The summed E-state index contributed by atoms with van der Waals surface area (Å²) in [4.78, 5) is 0. The normalized spacial score (nSPS) is 25.0. The Morgan fingerprint density at radius 3 is 2.56 bits per heavy atom. The SMILES string of the molecule is C=CCC12CC[C@@H]1C(OCc1ccccc1)CC(c1ccc(Cl)c(Cc3ccc(OCC)cc3)c1)O2. The Morgan fingerprint density at radius 2 is 1.86 bits per heavy atom. The third-order valence-electron chi connectivity index (χ3n) is 7.69. The molecule has 1 saturated carbocycles. The number of benzene rings is 3. The molecular formula is C32H35ClO3. The van der Waals surface area contributed by atoms with Gasteiger partial charge in [0.05, 0.1) is 31.0 Å². The average molecular weight is 503 g/mol. The lowest BCUT2D eigenvalue weighted by atomic mass is 9.62. The molecule has 2 aliphatic rings. The van der Waals surface area contributed by atoms with Gasteiger partial charge in [-0.15, -0.1) is 6.58 Å². The van der Waals surface area contributed by atoms with Crippen molar-refractivity contribution in [2.45, 2.75) is 63.4 Å². The maximum absolute atomic E-state index is 6.86. The van der Waals surface area contributed by atoms with Crippen LogP contribution in [0.25, 0.3) is 0 Å². The molecule has 3 aromatic carbocycles. The summed E-state index contributed by atoms with van der Waals surface area (Å²) in [6, 6.07) is 25.0. The monoisotopic (exact) mass is 502 g/mol. The molecule has 1 heterocycles. The van der Waals surface area contributed by atoms with E-state index in [4.69, 9.17) is 25.8 Å². The van der Waals surface area contributed by atoms with E-state index >= 15 is 0 Å². The van der Waals surface area contributed by atoms with E-state index in [0.29, 0.717) is 19.1 Å². The summed E-state index contributed by atoms with van der Waals surface area (Å²) in [5.74, 6) is 1.30. The summed E-state index contributed by atoms with van der Waals surface area (Å²) in [6.07, 6.45) is 6.79. The molecule has 0 bridgehead atoms. The van der Waals surface area contributed by atoms with E-state index in [1.54, 1.807) is 0 Å². The van der Waals surface area contributed by atoms with E-state index in [0.717, 1.165) is 48.4 Å². The van der Waals surface area contributed by atoms with Gasteiger partial charge >= 0.3 is 0 Å². The molecule has 36 heavy (non-hydrogen) atoms. The smallest absolute Gasteiger partial charge is 0.119 e. The molecule has 1 aliphatic carbocycles. The molecule has 1 saturated heterocycles. The van der Waals surface area contributed by atoms with Gasteiger partial charge in [0, 0.05) is 17.4 Å². The minimum Gasteiger partial charge on any atom is -0.494 e. The van der Waals surface area contributed by atoms with Gasteiger partial charge < -0.3 is 14.2 Å². The molecule has 4 atom stereocenters. The number of fused-ring (bicyclic) bond motifs is 1. The molecule has 0 aromatic heterocycles. The molecule has 1 aliphatic heterocycles. The van der Waals surface area contributed by atoms with Crippen LogP contribution in [0.15, 0.2) is 85.5 Å². The van der Waals surface area contributed by atoms with Crippen molar-refractivity contribution in [2.75, 3.05) is 6.61 Å². The Hall–Kier alpha value is -2.59. The second-order valence-corrected chi connectivity index (χ2v) is 10.4. The molecule has 188 valence electrons. The molecule has 0 N–H and O–H groups in total. The van der Waals surface area contributed by atoms with E-state index in [1.165, 1.54) is 16.7 Å². The van der Waals surface area contributed by atoms with Gasteiger partial charge in [0.15, 0.2) is 0 Å². The van der Waals surface area contributed by atoms with Gasteiger partial charge in [-0.2, -0.15) is 0 Å². The Morgan fingerprint density at radius 1 is 1.06 bits per heavy atom. The number of hydrogen-bond donors (Lipinski definition) is 0. The first kappa shape index (κ1) is 25.1. The molecule has 3 unspecified atom stereocenters. The summed E-state index contributed by atoms with van der Waals surface area (Å²) in [5.41, 5.74) is 4.51. The number of rotatable bonds is 10. The fourth-order valence-corrected chi connectivity index (χ4v) is 5.93. The summed E-state index contributed by atoms with van der Waals surface area (Å²) >= 11 is 6.65. The van der Waals surface area contributed by atoms with Crippen molar-refractivity contribution < 1.29 is 14.2 Å². The van der Waals surface area contributed by atoms with Gasteiger partial charge in [0.2, 0.25) is 0 Å². The topological polar surface area (TPSA) is 27.7 Å². The zero-order valence-electron chi connectivity index (χ0n) is 21.0. The highest BCUT2D eigenvalue weighted by Gasteiger charge is 2.55. The van der Waals surface area contributed by atoms with Crippen LogP contribution in [0.5, 0.6) is 5.75 Å². The standard InChI is InChI=1S/C32H35ClO3/c1-3-17-32-18-16-28(32)31(35-22-24-8-6-5-7-9-24)21-30(36-32)25-12-15-29(33)26(20-25)19-23-10-13-27(14-11-23)34-4-2/h3,5-15,20,28,30-31H,1,4,16-19,21-22H2,2H3/t28-,30?,31?,32?/m1/s1. The summed E-state index contributed by atoms with van der Waals surface area (Å²) in [6.45, 7) is 7.32. The lowest BCUT2D eigenvalue weighted by molar-refractivity contribution is -0.259. The number of halogens is 1. The molecule has 4 heteroatoms. The first-order chi connectivity index (χ1) is 17.6. The fourth-order valence-electron chi connectivity index (χ4n) is 5.74. The van der Waals surface area contributed by atoms with Gasteiger partial charge in [0.1, 0.15) is 5.75 Å². The highest BCUT2D eigenvalue weighted by Crippen LogP contribution is 2.55. The van der Waals surface area contributed by atoms with E-state index in [1.807, 2.05) is 37.3 Å². The van der Waals surface area contributed by atoms with Crippen molar-refractivity contribution in [2.24, 2.45) is 5.92 Å². The van der Waals surface area contributed by atoms with Crippen LogP contribution in [0, 0.1) is 5.92 Å². The van der Waals surface area contributed by atoms with Crippen LogP contribution in [0.3, 0.4) is 0 Å². The van der Waals surface area contributed by atoms with Crippen molar-refractivity contribution in [3.05, 3.63) is 113 Å². The van der Waals surface area contributed by atoms with Crippen molar-refractivity contribution in [1.82, 2.24) is 0 Å². The van der Waals surface area contributed by atoms with Gasteiger partial charge in [0.25, 0.3) is 0 Å². The first-order valence-corrected chi connectivity index (χ1v) is 13.4.